The quantitative estimate of drug-likeness (QED) is 0.853. The van der Waals surface area contributed by atoms with E-state index in [1.165, 1.54) is 0 Å². The van der Waals surface area contributed by atoms with Gasteiger partial charge in [0.05, 0.1) is 17.0 Å². The van der Waals surface area contributed by atoms with E-state index in [9.17, 15) is 4.21 Å². The average Bonchev–Trinajstić information content (AvgIpc) is 2.72. The smallest absolute Gasteiger partial charge is 0.0535 e. The zero-order valence-corrected chi connectivity index (χ0v) is 11.4. The second-order valence-corrected chi connectivity index (χ2v) is 5.89. The van der Waals surface area contributed by atoms with Crippen LogP contribution in [0.15, 0.2) is 35.5 Å². The van der Waals surface area contributed by atoms with Crippen molar-refractivity contribution >= 4 is 16.5 Å². The number of aryl methyl sites for hydroxylation is 3. The standard InChI is InChI=1S/C13H17N3OS/c1-10-7-12(14)3-4-13(10)18(17)6-5-11-8-15-16(2)9-11/h3-4,7-9H,5-6,14H2,1-2H3. The first-order chi connectivity index (χ1) is 8.56. The van der Waals surface area contributed by atoms with E-state index >= 15 is 0 Å². The van der Waals surface area contributed by atoms with Gasteiger partial charge >= 0.3 is 0 Å². The zero-order chi connectivity index (χ0) is 13.1. The van der Waals surface area contributed by atoms with Crippen LogP contribution in [0.25, 0.3) is 0 Å². The van der Waals surface area contributed by atoms with E-state index in [0.29, 0.717) is 11.4 Å². The predicted molar refractivity (Wildman–Crippen MR) is 73.8 cm³/mol. The van der Waals surface area contributed by atoms with Gasteiger partial charge in [-0.2, -0.15) is 5.10 Å². The van der Waals surface area contributed by atoms with Gasteiger partial charge in [0, 0.05) is 29.6 Å². The van der Waals surface area contributed by atoms with Crippen molar-refractivity contribution in [3.8, 4) is 0 Å². The lowest BCUT2D eigenvalue weighted by molar-refractivity contribution is 0.682. The molecule has 0 saturated heterocycles. The highest BCUT2D eigenvalue weighted by atomic mass is 32.2. The Morgan fingerprint density at radius 2 is 2.22 bits per heavy atom. The molecule has 1 unspecified atom stereocenters. The molecule has 0 aliphatic heterocycles. The van der Waals surface area contributed by atoms with Gasteiger partial charge < -0.3 is 5.73 Å². The summed E-state index contributed by atoms with van der Waals surface area (Å²) in [6.07, 6.45) is 4.53. The molecule has 0 bridgehead atoms. The molecule has 0 amide bonds. The highest BCUT2D eigenvalue weighted by Crippen LogP contribution is 2.17. The Labute approximate surface area is 109 Å². The van der Waals surface area contributed by atoms with Gasteiger partial charge in [0.15, 0.2) is 0 Å². The first-order valence-corrected chi connectivity index (χ1v) is 7.10. The number of hydrogen-bond donors (Lipinski definition) is 1. The number of anilines is 1. The molecule has 0 aliphatic rings. The third kappa shape index (κ3) is 2.98. The van der Waals surface area contributed by atoms with Gasteiger partial charge in [-0.1, -0.05) is 0 Å². The molecule has 96 valence electrons. The third-order valence-electron chi connectivity index (χ3n) is 2.78. The SMILES string of the molecule is Cc1cc(N)ccc1S(=O)CCc1cnn(C)c1. The Bertz CT molecular complexity index is 577. The topological polar surface area (TPSA) is 60.9 Å². The summed E-state index contributed by atoms with van der Waals surface area (Å²) in [5.74, 6) is 0.608. The lowest BCUT2D eigenvalue weighted by Crippen LogP contribution is -2.03. The van der Waals surface area contributed by atoms with Crippen LogP contribution in [0.4, 0.5) is 5.69 Å². The summed E-state index contributed by atoms with van der Waals surface area (Å²) in [4.78, 5) is 0.869. The number of rotatable bonds is 4. The van der Waals surface area contributed by atoms with E-state index in [1.54, 1.807) is 10.7 Å². The summed E-state index contributed by atoms with van der Waals surface area (Å²) in [6.45, 7) is 1.94. The van der Waals surface area contributed by atoms with Gasteiger partial charge in [-0.15, -0.1) is 0 Å². The van der Waals surface area contributed by atoms with Crippen molar-refractivity contribution < 1.29 is 4.21 Å². The van der Waals surface area contributed by atoms with Crippen LogP contribution in [0.5, 0.6) is 0 Å². The summed E-state index contributed by atoms with van der Waals surface area (Å²) in [5, 5.41) is 4.10. The van der Waals surface area contributed by atoms with Crippen LogP contribution in [0.2, 0.25) is 0 Å². The molecule has 2 rings (SSSR count). The van der Waals surface area contributed by atoms with Gasteiger partial charge in [0.1, 0.15) is 0 Å². The first-order valence-electron chi connectivity index (χ1n) is 5.78. The van der Waals surface area contributed by atoms with E-state index < -0.39 is 10.8 Å². The molecule has 2 N–H and O–H groups in total. The molecule has 2 aromatic rings. The molecule has 0 fully saturated rings. The Morgan fingerprint density at radius 1 is 1.44 bits per heavy atom. The number of nitrogen functional groups attached to an aromatic ring is 1. The molecule has 5 heteroatoms. The van der Waals surface area contributed by atoms with Crippen molar-refractivity contribution in [2.75, 3.05) is 11.5 Å². The molecular formula is C13H17N3OS. The predicted octanol–water partition coefficient (Wildman–Crippen LogP) is 1.66. The molecule has 1 atom stereocenters. The molecule has 4 nitrogen and oxygen atoms in total. The molecule has 0 radical (unpaired) electrons. The maximum Gasteiger partial charge on any atom is 0.0535 e. The van der Waals surface area contributed by atoms with E-state index in [0.717, 1.165) is 22.4 Å². The maximum atomic E-state index is 12.2. The molecule has 1 aromatic carbocycles. The number of nitrogens with two attached hydrogens (primary N) is 1. The molecular weight excluding hydrogens is 246 g/mol. The highest BCUT2D eigenvalue weighted by Gasteiger charge is 2.08. The summed E-state index contributed by atoms with van der Waals surface area (Å²) < 4.78 is 14.0. The molecule has 1 heterocycles. The second kappa shape index (κ2) is 5.35. The molecule has 18 heavy (non-hydrogen) atoms. The van der Waals surface area contributed by atoms with E-state index in [1.807, 2.05) is 38.5 Å². The van der Waals surface area contributed by atoms with E-state index in [-0.39, 0.29) is 0 Å². The molecule has 1 aromatic heterocycles. The average molecular weight is 263 g/mol. The summed E-state index contributed by atoms with van der Waals surface area (Å²) in [5.41, 5.74) is 8.49. The maximum absolute atomic E-state index is 12.2. The first kappa shape index (κ1) is 12.8. The minimum atomic E-state index is -0.987. The fraction of sp³-hybridized carbons (Fsp3) is 0.308. The molecule has 0 saturated carbocycles. The minimum Gasteiger partial charge on any atom is -0.399 e. The summed E-state index contributed by atoms with van der Waals surface area (Å²) >= 11 is 0. The molecule has 0 aliphatic carbocycles. The van der Waals surface area contributed by atoms with Crippen LogP contribution in [0.1, 0.15) is 11.1 Å². The van der Waals surface area contributed by atoms with Crippen molar-refractivity contribution in [1.82, 2.24) is 9.78 Å². The number of benzene rings is 1. The van der Waals surface area contributed by atoms with Crippen LogP contribution < -0.4 is 5.73 Å². The highest BCUT2D eigenvalue weighted by molar-refractivity contribution is 7.85. The van der Waals surface area contributed by atoms with Crippen LogP contribution in [0.3, 0.4) is 0 Å². The van der Waals surface area contributed by atoms with Gasteiger partial charge in [-0.25, -0.2) is 0 Å². The summed E-state index contributed by atoms with van der Waals surface area (Å²) in [7, 11) is 0.892. The Kier molecular flexibility index (Phi) is 3.81. The van der Waals surface area contributed by atoms with E-state index in [4.69, 9.17) is 5.73 Å². The normalized spacial score (nSPS) is 12.6. The molecule has 0 spiro atoms. The Hall–Kier alpha value is -1.62. The fourth-order valence-electron chi connectivity index (χ4n) is 1.85. The van der Waals surface area contributed by atoms with Crippen LogP contribution in [-0.2, 0) is 24.3 Å². The zero-order valence-electron chi connectivity index (χ0n) is 10.6. The van der Waals surface area contributed by atoms with Crippen LogP contribution in [-0.4, -0.2) is 19.7 Å². The van der Waals surface area contributed by atoms with Gasteiger partial charge in [-0.05, 0) is 42.7 Å². The monoisotopic (exact) mass is 263 g/mol. The minimum absolute atomic E-state index is 0.608. The van der Waals surface area contributed by atoms with Crippen molar-refractivity contribution in [2.24, 2.45) is 7.05 Å². The van der Waals surface area contributed by atoms with Gasteiger partial charge in [-0.3, -0.25) is 8.89 Å². The van der Waals surface area contributed by atoms with Crippen LogP contribution in [0, 0.1) is 6.92 Å². The Balaban J connectivity index is 2.03. The largest absolute Gasteiger partial charge is 0.399 e. The lowest BCUT2D eigenvalue weighted by Gasteiger charge is -2.06. The van der Waals surface area contributed by atoms with Crippen LogP contribution >= 0.6 is 0 Å². The number of aromatic nitrogens is 2. The van der Waals surface area contributed by atoms with Gasteiger partial charge in [0.25, 0.3) is 0 Å². The second-order valence-electron chi connectivity index (χ2n) is 4.35. The van der Waals surface area contributed by atoms with E-state index in [2.05, 4.69) is 5.10 Å². The van der Waals surface area contributed by atoms with Gasteiger partial charge in [0.2, 0.25) is 0 Å². The van der Waals surface area contributed by atoms with Crippen molar-refractivity contribution in [3.63, 3.8) is 0 Å². The fourth-order valence-corrected chi connectivity index (χ4v) is 3.13. The van der Waals surface area contributed by atoms with Crippen molar-refractivity contribution in [2.45, 2.75) is 18.2 Å². The van der Waals surface area contributed by atoms with Crippen molar-refractivity contribution in [1.29, 1.82) is 0 Å². The number of nitrogens with zero attached hydrogens (tertiary/aromatic N) is 2. The third-order valence-corrected chi connectivity index (χ3v) is 4.30. The number of hydrogen-bond acceptors (Lipinski definition) is 3. The summed E-state index contributed by atoms with van der Waals surface area (Å²) in [6, 6.07) is 5.51. The van der Waals surface area contributed by atoms with Crippen molar-refractivity contribution in [3.05, 3.63) is 41.7 Å². The Morgan fingerprint density at radius 3 is 2.83 bits per heavy atom. The lowest BCUT2D eigenvalue weighted by atomic mass is 10.2.